The van der Waals surface area contributed by atoms with Gasteiger partial charge in [0.05, 0.1) is 5.69 Å². The second-order valence-corrected chi connectivity index (χ2v) is 14.9. The van der Waals surface area contributed by atoms with Crippen LogP contribution in [0, 0.1) is 16.7 Å². The van der Waals surface area contributed by atoms with Crippen LogP contribution in [0.25, 0.3) is 17.2 Å². The van der Waals surface area contributed by atoms with Crippen molar-refractivity contribution >= 4 is 18.1 Å². The number of rotatable bonds is 9. The number of benzene rings is 1. The number of aldehydes is 1. The average Bonchev–Trinajstić information content (AvgIpc) is 3.44. The lowest BCUT2D eigenvalue weighted by Gasteiger charge is -2.48. The molecule has 0 spiro atoms. The van der Waals surface area contributed by atoms with Crippen LogP contribution in [-0.2, 0) is 28.9 Å². The van der Waals surface area contributed by atoms with E-state index in [1.165, 1.54) is 30.2 Å². The van der Waals surface area contributed by atoms with E-state index in [0.29, 0.717) is 30.7 Å². The molecule has 0 unspecified atom stereocenters. The molecule has 2 atom stereocenters. The summed E-state index contributed by atoms with van der Waals surface area (Å²) in [4.78, 5) is 44.5. The minimum Gasteiger partial charge on any atom is -0.330 e. The number of aryl methyl sites for hydroxylation is 1. The highest BCUT2D eigenvalue weighted by molar-refractivity contribution is 6.02. The van der Waals surface area contributed by atoms with Gasteiger partial charge in [0.25, 0.3) is 0 Å². The number of likely N-dealkylation sites (tertiary alicyclic amines) is 1. The zero-order valence-electron chi connectivity index (χ0n) is 28.2. The standard InChI is InChI=1S/C37H46N4O2.C2H4O/c1-36(2,3)31-10-11-32-29(17-31)15-28-16-30(18-33(28)40-32)34(42)19-26(13-14-41-22-37(4,21-38)23-41)24-5-7-25(8-6-24)27-9-12-35(43)39-20-27;1-2-3/h5-9,12,15-16,20,26,31H,10-11,13-14,17-19,21-23,38H2,1-4H3,(H,39,43);2H,1H3/t26-,31-;/m0./s1. The summed E-state index contributed by atoms with van der Waals surface area (Å²) in [5, 5.41) is 0. The van der Waals surface area contributed by atoms with Crippen LogP contribution in [0.5, 0.6) is 0 Å². The van der Waals surface area contributed by atoms with Gasteiger partial charge in [-0.05, 0) is 102 Å². The number of H-pyrrole nitrogens is 1. The van der Waals surface area contributed by atoms with E-state index >= 15 is 0 Å². The molecule has 0 amide bonds. The Labute approximate surface area is 273 Å². The molecule has 1 aromatic carbocycles. The SMILES string of the molecule is CC1(CN)CN(CC[C@@H](CC(=O)C2=Cc3cc4c(nc3C2)CC[C@H](C(C)(C)C)C4)c2ccc(-c3ccc(=O)[nH]c3)cc2)C1.CC=O. The Bertz CT molecular complexity index is 1620. The number of ketones is 1. The zero-order chi connectivity index (χ0) is 33.1. The first kappa shape index (κ1) is 33.7. The summed E-state index contributed by atoms with van der Waals surface area (Å²) in [7, 11) is 0. The Morgan fingerprint density at radius 1 is 1.13 bits per heavy atom. The van der Waals surface area contributed by atoms with Crippen LogP contribution in [0.4, 0.5) is 0 Å². The quantitative estimate of drug-likeness (QED) is 0.277. The number of hydrogen-bond donors (Lipinski definition) is 2. The van der Waals surface area contributed by atoms with E-state index in [9.17, 15) is 9.59 Å². The van der Waals surface area contributed by atoms with Crippen LogP contribution < -0.4 is 11.3 Å². The van der Waals surface area contributed by atoms with E-state index in [4.69, 9.17) is 15.5 Å². The molecule has 3 aromatic rings. The highest BCUT2D eigenvalue weighted by Gasteiger charge is 2.37. The molecule has 2 aromatic heterocycles. The van der Waals surface area contributed by atoms with Gasteiger partial charge in [-0.2, -0.15) is 0 Å². The summed E-state index contributed by atoms with van der Waals surface area (Å²) < 4.78 is 0. The molecule has 1 aliphatic heterocycles. The van der Waals surface area contributed by atoms with Crippen molar-refractivity contribution in [2.24, 2.45) is 22.5 Å². The lowest BCUT2D eigenvalue weighted by Crippen LogP contribution is -2.58. The van der Waals surface area contributed by atoms with Gasteiger partial charge < -0.3 is 20.4 Å². The predicted molar refractivity (Wildman–Crippen MR) is 186 cm³/mol. The largest absolute Gasteiger partial charge is 0.330 e. The normalized spacial score (nSPS) is 19.1. The average molecular weight is 623 g/mol. The van der Waals surface area contributed by atoms with Crippen molar-refractivity contribution < 1.29 is 9.59 Å². The van der Waals surface area contributed by atoms with E-state index < -0.39 is 0 Å². The Morgan fingerprint density at radius 2 is 1.83 bits per heavy atom. The van der Waals surface area contributed by atoms with Gasteiger partial charge in [0, 0.05) is 61.4 Å². The number of carbonyl (C=O) groups is 2. The van der Waals surface area contributed by atoms with Crippen molar-refractivity contribution in [3.63, 3.8) is 0 Å². The number of aromatic nitrogens is 2. The highest BCUT2D eigenvalue weighted by atomic mass is 16.1. The van der Waals surface area contributed by atoms with E-state index in [2.05, 4.69) is 74.0 Å². The molecule has 6 rings (SSSR count). The summed E-state index contributed by atoms with van der Waals surface area (Å²) >= 11 is 0. The van der Waals surface area contributed by atoms with Gasteiger partial charge in [0.1, 0.15) is 6.29 Å². The Morgan fingerprint density at radius 3 is 2.46 bits per heavy atom. The van der Waals surface area contributed by atoms with E-state index in [0.717, 1.165) is 73.1 Å². The number of hydrogen-bond acceptors (Lipinski definition) is 6. The maximum Gasteiger partial charge on any atom is 0.247 e. The van der Waals surface area contributed by atoms with Gasteiger partial charge in [-0.1, -0.05) is 52.0 Å². The number of nitrogens with zero attached hydrogens (tertiary/aromatic N) is 2. The van der Waals surface area contributed by atoms with Crippen LogP contribution in [0.3, 0.4) is 0 Å². The Balaban J connectivity index is 0.00000134. The van der Waals surface area contributed by atoms with Crippen molar-refractivity contribution in [3.05, 3.63) is 92.7 Å². The molecular formula is C39H50N4O3. The van der Waals surface area contributed by atoms with Gasteiger partial charge in [-0.25, -0.2) is 0 Å². The first-order valence-corrected chi connectivity index (χ1v) is 16.8. The maximum atomic E-state index is 13.8. The molecular weight excluding hydrogens is 572 g/mol. The molecule has 0 bridgehead atoms. The molecule has 46 heavy (non-hydrogen) atoms. The number of carbonyl (C=O) groups excluding carboxylic acids is 2. The van der Waals surface area contributed by atoms with Crippen molar-refractivity contribution in [2.45, 2.75) is 79.1 Å². The maximum absolute atomic E-state index is 13.8. The fourth-order valence-electron chi connectivity index (χ4n) is 7.27. The van der Waals surface area contributed by atoms with E-state index in [-0.39, 0.29) is 22.7 Å². The smallest absolute Gasteiger partial charge is 0.247 e. The minimum atomic E-state index is -0.108. The summed E-state index contributed by atoms with van der Waals surface area (Å²) in [5.74, 6) is 1.02. The zero-order valence-corrected chi connectivity index (χ0v) is 28.2. The number of nitrogens with one attached hydrogen (secondary N) is 1. The third-order valence-electron chi connectivity index (χ3n) is 10.2. The first-order chi connectivity index (χ1) is 21.9. The molecule has 7 nitrogen and oxygen atoms in total. The van der Waals surface area contributed by atoms with E-state index in [1.54, 1.807) is 12.3 Å². The molecule has 1 saturated heterocycles. The molecule has 3 aliphatic rings. The number of aromatic amines is 1. The molecule has 3 heterocycles. The molecule has 7 heteroatoms. The Hall–Kier alpha value is -3.68. The Kier molecular flexibility index (Phi) is 10.2. The monoisotopic (exact) mass is 622 g/mol. The molecule has 1 fully saturated rings. The van der Waals surface area contributed by atoms with Gasteiger partial charge >= 0.3 is 0 Å². The number of allylic oxidation sites excluding steroid dienone is 1. The number of pyridine rings is 2. The topological polar surface area (TPSA) is 109 Å². The number of Topliss-reactive ketones (excluding diaryl/α,β-unsaturated/α-hetero) is 1. The number of nitrogens with two attached hydrogens (primary N) is 1. The summed E-state index contributed by atoms with van der Waals surface area (Å²) in [6, 6.07) is 14.2. The van der Waals surface area contributed by atoms with Crippen LogP contribution in [-0.4, -0.2) is 53.1 Å². The summed E-state index contributed by atoms with van der Waals surface area (Å²) in [6.45, 7) is 14.4. The van der Waals surface area contributed by atoms with Crippen molar-refractivity contribution in [1.82, 2.24) is 14.9 Å². The third-order valence-corrected chi connectivity index (χ3v) is 10.2. The van der Waals surface area contributed by atoms with Crippen LogP contribution >= 0.6 is 0 Å². The van der Waals surface area contributed by atoms with Crippen molar-refractivity contribution in [1.29, 1.82) is 0 Å². The van der Waals surface area contributed by atoms with Gasteiger partial charge in [0.15, 0.2) is 5.78 Å². The van der Waals surface area contributed by atoms with Crippen LogP contribution in [0.15, 0.2) is 59.0 Å². The summed E-state index contributed by atoms with van der Waals surface area (Å²) in [6.07, 6.45) is 9.96. The third kappa shape index (κ3) is 7.81. The lowest BCUT2D eigenvalue weighted by atomic mass is 9.71. The van der Waals surface area contributed by atoms with Crippen LogP contribution in [0.1, 0.15) is 87.9 Å². The van der Waals surface area contributed by atoms with Gasteiger partial charge in [-0.3, -0.25) is 14.6 Å². The second-order valence-electron chi connectivity index (χ2n) is 14.9. The van der Waals surface area contributed by atoms with Crippen molar-refractivity contribution in [2.75, 3.05) is 26.2 Å². The lowest BCUT2D eigenvalue weighted by molar-refractivity contribution is -0.116. The highest BCUT2D eigenvalue weighted by Crippen LogP contribution is 2.39. The molecule has 244 valence electrons. The van der Waals surface area contributed by atoms with Gasteiger partial charge in [-0.15, -0.1) is 0 Å². The number of fused-ring (bicyclic) bond motifs is 2. The molecule has 0 radical (unpaired) electrons. The van der Waals surface area contributed by atoms with Gasteiger partial charge in [0.2, 0.25) is 5.56 Å². The minimum absolute atomic E-state index is 0.108. The fourth-order valence-corrected chi connectivity index (χ4v) is 7.27. The summed E-state index contributed by atoms with van der Waals surface area (Å²) in [5.41, 5.74) is 15.3. The molecule has 3 N–H and O–H groups in total. The van der Waals surface area contributed by atoms with Crippen molar-refractivity contribution in [3.8, 4) is 11.1 Å². The second kappa shape index (κ2) is 14.0. The molecule has 2 aliphatic carbocycles. The fraction of sp³-hybridized carbons (Fsp3) is 0.487. The van der Waals surface area contributed by atoms with E-state index in [1.807, 2.05) is 6.07 Å². The molecule has 0 saturated carbocycles. The van der Waals surface area contributed by atoms with Crippen LogP contribution in [0.2, 0.25) is 0 Å². The predicted octanol–water partition coefficient (Wildman–Crippen LogP) is 6.15. The first-order valence-electron chi connectivity index (χ1n) is 16.8.